The molecule has 1 aromatic carbocycles. The number of alkyl halides is 3. The van der Waals surface area contributed by atoms with Crippen LogP contribution in [0, 0.1) is 12.3 Å². The van der Waals surface area contributed by atoms with Crippen LogP contribution in [0.2, 0.25) is 0 Å². The molecule has 1 fully saturated rings. The van der Waals surface area contributed by atoms with E-state index < -0.39 is 51.6 Å². The van der Waals surface area contributed by atoms with Gasteiger partial charge in [-0.3, -0.25) is 4.79 Å². The van der Waals surface area contributed by atoms with E-state index in [4.69, 9.17) is 4.42 Å². The summed E-state index contributed by atoms with van der Waals surface area (Å²) in [7, 11) is 1.85. The number of carbonyl (C=O) groups excluding carboxylic acids is 1. The second-order valence-corrected chi connectivity index (χ2v) is 11.4. The quantitative estimate of drug-likeness (QED) is 0.479. The first-order valence-corrected chi connectivity index (χ1v) is 13.3. The number of benzene rings is 1. The van der Waals surface area contributed by atoms with Crippen molar-refractivity contribution >= 4 is 34.4 Å². The predicted octanol–water partition coefficient (Wildman–Crippen LogP) is 3.88. The molecule has 1 aromatic heterocycles. The van der Waals surface area contributed by atoms with Crippen molar-refractivity contribution in [2.45, 2.75) is 39.9 Å². The van der Waals surface area contributed by atoms with E-state index in [-0.39, 0.29) is 30.4 Å². The third-order valence-corrected chi connectivity index (χ3v) is 7.17. The van der Waals surface area contributed by atoms with Gasteiger partial charge in [0.2, 0.25) is 0 Å². The Morgan fingerprint density at radius 2 is 1.72 bits per heavy atom. The van der Waals surface area contributed by atoms with Gasteiger partial charge in [0.25, 0.3) is 17.1 Å². The van der Waals surface area contributed by atoms with Gasteiger partial charge in [0.1, 0.15) is 11.5 Å². The summed E-state index contributed by atoms with van der Waals surface area (Å²) in [6.07, 6.45) is -4.88. The average molecular weight is 569 g/mol. The fourth-order valence-corrected chi connectivity index (χ4v) is 4.96. The lowest BCUT2D eigenvalue weighted by atomic mass is 9.85. The molecule has 3 N–H and O–H groups in total. The minimum absolute atomic E-state index is 0.0635. The van der Waals surface area contributed by atoms with Crippen molar-refractivity contribution in [3.63, 3.8) is 0 Å². The standard InChI is InChI=1S/C25H31F3N6O4S/c1-14-6-9-17(38-14)20(24(2,3)4)30-22-21(31-39(37)32-22)29-16-8-7-15(25(26,27)28)18(19(16)35)23(36)34-12-10-33(5)11-13-34/h6-9,20,35H,10-13H2,1-5H3,(H,29,31)(H,30,32). The molecule has 0 spiro atoms. The van der Waals surface area contributed by atoms with Crippen molar-refractivity contribution in [2.24, 2.45) is 14.2 Å². The molecule has 2 atom stereocenters. The van der Waals surface area contributed by atoms with Gasteiger partial charge in [-0.15, -0.1) is 8.80 Å². The van der Waals surface area contributed by atoms with E-state index in [2.05, 4.69) is 19.4 Å². The second kappa shape index (κ2) is 10.6. The van der Waals surface area contributed by atoms with Gasteiger partial charge in [0, 0.05) is 26.2 Å². The topological polar surface area (TPSA) is 123 Å². The number of furan rings is 1. The highest BCUT2D eigenvalue weighted by molar-refractivity contribution is 7.83. The summed E-state index contributed by atoms with van der Waals surface area (Å²) in [5.74, 6) is -0.536. The van der Waals surface area contributed by atoms with Crippen molar-refractivity contribution in [1.29, 1.82) is 0 Å². The van der Waals surface area contributed by atoms with Crippen molar-refractivity contribution in [2.75, 3.05) is 38.5 Å². The van der Waals surface area contributed by atoms with Crippen LogP contribution in [0.5, 0.6) is 5.75 Å². The lowest BCUT2D eigenvalue weighted by Gasteiger charge is -2.33. The lowest BCUT2D eigenvalue weighted by Crippen LogP contribution is -2.47. The Morgan fingerprint density at radius 1 is 1.08 bits per heavy atom. The normalized spacial score (nSPS) is 19.5. The molecule has 10 nitrogen and oxygen atoms in total. The predicted molar refractivity (Wildman–Crippen MR) is 142 cm³/mol. The Morgan fingerprint density at radius 3 is 2.28 bits per heavy atom. The first-order chi connectivity index (χ1) is 18.1. The largest absolute Gasteiger partial charge is 0.505 e. The number of phenols is 1. The van der Waals surface area contributed by atoms with Crippen LogP contribution in [0.3, 0.4) is 0 Å². The van der Waals surface area contributed by atoms with Crippen molar-refractivity contribution in [3.8, 4) is 5.75 Å². The SMILES string of the molecule is Cc1ccc(C(NC2=NS(=O)N=C2Nc2ccc(C(F)(F)F)c(C(=O)N3CCN(C)CC3)c2O)C(C)(C)C)o1. The molecule has 2 aromatic rings. The number of nitrogens with one attached hydrogen (secondary N) is 2. The number of likely N-dealkylation sites (N-methyl/N-ethyl adjacent to an activating group) is 1. The van der Waals surface area contributed by atoms with Crippen LogP contribution in [0.25, 0.3) is 0 Å². The van der Waals surface area contributed by atoms with E-state index in [1.807, 2.05) is 32.7 Å². The van der Waals surface area contributed by atoms with Crippen LogP contribution < -0.4 is 10.6 Å². The van der Waals surface area contributed by atoms with Gasteiger partial charge in [0.05, 0.1) is 22.9 Å². The number of hydrogen-bond donors (Lipinski definition) is 3. The van der Waals surface area contributed by atoms with Crippen LogP contribution in [0.15, 0.2) is 37.5 Å². The summed E-state index contributed by atoms with van der Waals surface area (Å²) in [5, 5.41) is 16.9. The summed E-state index contributed by atoms with van der Waals surface area (Å²) < 4.78 is 67.6. The Kier molecular flexibility index (Phi) is 7.81. The second-order valence-electron chi connectivity index (χ2n) is 10.6. The van der Waals surface area contributed by atoms with Gasteiger partial charge < -0.3 is 30.0 Å². The number of aryl methyl sites for hydroxylation is 1. The zero-order valence-corrected chi connectivity index (χ0v) is 23.0. The van der Waals surface area contributed by atoms with Gasteiger partial charge in [-0.25, -0.2) is 4.21 Å². The number of halogens is 3. The highest BCUT2D eigenvalue weighted by atomic mass is 32.2. The Balaban J connectivity index is 1.66. The zero-order valence-electron chi connectivity index (χ0n) is 22.2. The third-order valence-electron chi connectivity index (χ3n) is 6.50. The molecule has 1 amide bonds. The highest BCUT2D eigenvalue weighted by Crippen LogP contribution is 2.40. The van der Waals surface area contributed by atoms with Crippen molar-refractivity contribution < 1.29 is 31.7 Å². The Labute approximate surface area is 226 Å². The molecule has 39 heavy (non-hydrogen) atoms. The zero-order chi connectivity index (χ0) is 28.7. The highest BCUT2D eigenvalue weighted by Gasteiger charge is 2.40. The van der Waals surface area contributed by atoms with Gasteiger partial charge in [0.15, 0.2) is 17.4 Å². The van der Waals surface area contributed by atoms with Gasteiger partial charge in [-0.05, 0) is 43.7 Å². The number of amides is 1. The Bertz CT molecular complexity index is 1340. The van der Waals surface area contributed by atoms with Gasteiger partial charge in [-0.2, -0.15) is 13.2 Å². The number of nitrogens with zero attached hydrogens (tertiary/aromatic N) is 4. The number of aromatic hydroxyl groups is 1. The molecule has 2 aliphatic heterocycles. The van der Waals surface area contributed by atoms with E-state index in [0.717, 1.165) is 12.1 Å². The summed E-state index contributed by atoms with van der Waals surface area (Å²) >= 11 is -2.02. The van der Waals surface area contributed by atoms with Gasteiger partial charge in [-0.1, -0.05) is 20.8 Å². The van der Waals surface area contributed by atoms with Crippen molar-refractivity contribution in [1.82, 2.24) is 15.1 Å². The average Bonchev–Trinajstić information content (AvgIpc) is 3.41. The lowest BCUT2D eigenvalue weighted by molar-refractivity contribution is -0.138. The molecule has 0 aliphatic carbocycles. The third kappa shape index (κ3) is 6.27. The van der Waals surface area contributed by atoms with Crippen molar-refractivity contribution in [3.05, 3.63) is 46.9 Å². The molecular weight excluding hydrogens is 537 g/mol. The number of hydrogen-bond acceptors (Lipinski definition) is 7. The molecule has 212 valence electrons. The summed E-state index contributed by atoms with van der Waals surface area (Å²) in [6, 6.07) is 4.88. The van der Waals surface area contributed by atoms with Crippen LogP contribution in [-0.4, -0.2) is 69.9 Å². The maximum Gasteiger partial charge on any atom is 0.417 e. The molecule has 1 saturated heterocycles. The fourth-order valence-electron chi connectivity index (χ4n) is 4.34. The molecule has 0 bridgehead atoms. The number of amidine groups is 2. The van der Waals surface area contributed by atoms with E-state index >= 15 is 0 Å². The summed E-state index contributed by atoms with van der Waals surface area (Å²) in [6.45, 7) is 9.08. The van der Waals surface area contributed by atoms with E-state index in [9.17, 15) is 27.3 Å². The minimum atomic E-state index is -4.88. The van der Waals surface area contributed by atoms with Crippen LogP contribution >= 0.6 is 0 Å². The minimum Gasteiger partial charge on any atom is -0.505 e. The molecule has 2 unspecified atom stereocenters. The summed E-state index contributed by atoms with van der Waals surface area (Å²) in [4.78, 5) is 16.4. The molecule has 0 radical (unpaired) electrons. The Hall–Kier alpha value is -3.39. The number of piperazine rings is 1. The van der Waals surface area contributed by atoms with Crippen LogP contribution in [0.1, 0.15) is 54.3 Å². The number of rotatable bonds is 4. The van der Waals surface area contributed by atoms with E-state index in [0.29, 0.717) is 24.6 Å². The first kappa shape index (κ1) is 28.6. The maximum absolute atomic E-state index is 13.9. The number of anilines is 1. The van der Waals surface area contributed by atoms with E-state index in [1.54, 1.807) is 19.1 Å². The molecule has 2 aliphatic rings. The number of phenolic OH excluding ortho intramolecular Hbond substituents is 1. The molecule has 3 heterocycles. The van der Waals surface area contributed by atoms with E-state index in [1.165, 1.54) is 4.90 Å². The number of carbonyl (C=O) groups is 1. The van der Waals surface area contributed by atoms with Crippen LogP contribution in [0.4, 0.5) is 18.9 Å². The monoisotopic (exact) mass is 568 g/mol. The van der Waals surface area contributed by atoms with Crippen LogP contribution in [-0.2, 0) is 17.3 Å². The fraction of sp³-hybridized carbons (Fsp3) is 0.480. The molecule has 4 rings (SSSR count). The molecular formula is C25H31F3N6O4S. The first-order valence-electron chi connectivity index (χ1n) is 12.3. The molecule has 0 saturated carbocycles. The summed E-state index contributed by atoms with van der Waals surface area (Å²) in [5.41, 5.74) is -2.73. The van der Waals surface area contributed by atoms with Gasteiger partial charge >= 0.3 is 6.18 Å². The smallest absolute Gasteiger partial charge is 0.417 e. The molecule has 14 heteroatoms. The maximum atomic E-state index is 13.9.